The minimum Gasteiger partial charge on any atom is -0.496 e. The van der Waals surface area contributed by atoms with Crippen molar-refractivity contribution in [3.63, 3.8) is 0 Å². The summed E-state index contributed by atoms with van der Waals surface area (Å²) in [6, 6.07) is 12.6. The fourth-order valence-corrected chi connectivity index (χ4v) is 6.63. The van der Waals surface area contributed by atoms with Crippen LogP contribution in [0, 0.1) is 11.7 Å². The zero-order valence-electron chi connectivity index (χ0n) is 15.6. The van der Waals surface area contributed by atoms with Crippen LogP contribution < -0.4 is 14.5 Å². The minimum atomic E-state index is -0.706. The first-order chi connectivity index (χ1) is 14.5. The molecule has 3 unspecified atom stereocenters. The van der Waals surface area contributed by atoms with Crippen molar-refractivity contribution in [3.05, 3.63) is 74.5 Å². The van der Waals surface area contributed by atoms with Crippen molar-refractivity contribution in [3.8, 4) is 5.75 Å². The molecule has 2 aliphatic heterocycles. The number of thiazole rings is 1. The molecule has 152 valence electrons. The molecule has 2 aromatic carbocycles. The number of benzene rings is 2. The number of nitrogens with zero attached hydrogens (tertiary/aromatic N) is 1. The van der Waals surface area contributed by atoms with E-state index in [1.807, 2.05) is 18.2 Å². The number of imide groups is 1. The van der Waals surface area contributed by atoms with E-state index in [2.05, 4.69) is 4.98 Å². The molecule has 3 atom stereocenters. The number of anilines is 1. The Morgan fingerprint density at radius 2 is 1.77 bits per heavy atom. The highest BCUT2D eigenvalue weighted by molar-refractivity contribution is 8.00. The minimum absolute atomic E-state index is 0.234. The number of aromatic amines is 1. The predicted octanol–water partition coefficient (Wildman–Crippen LogP) is 3.38. The average molecular weight is 442 g/mol. The van der Waals surface area contributed by atoms with E-state index in [4.69, 9.17) is 4.74 Å². The number of methoxy groups -OCH3 is 1. The molecule has 1 saturated heterocycles. The van der Waals surface area contributed by atoms with Gasteiger partial charge in [-0.1, -0.05) is 41.3 Å². The summed E-state index contributed by atoms with van der Waals surface area (Å²) in [5, 5.41) is -0.0977. The van der Waals surface area contributed by atoms with Gasteiger partial charge in [-0.25, -0.2) is 9.29 Å². The number of fused-ring (bicyclic) bond motifs is 2. The molecule has 3 aromatic rings. The number of para-hydroxylation sites is 1. The highest BCUT2D eigenvalue weighted by Crippen LogP contribution is 2.54. The third-order valence-electron chi connectivity index (χ3n) is 5.38. The third kappa shape index (κ3) is 2.80. The Morgan fingerprint density at radius 3 is 2.50 bits per heavy atom. The Kier molecular flexibility index (Phi) is 4.52. The Balaban J connectivity index is 1.67. The number of thioether (sulfide) groups is 1. The van der Waals surface area contributed by atoms with Crippen LogP contribution in [0.4, 0.5) is 10.1 Å². The molecule has 0 aliphatic carbocycles. The van der Waals surface area contributed by atoms with Gasteiger partial charge in [0.15, 0.2) is 0 Å². The fourth-order valence-electron chi connectivity index (χ4n) is 4.12. The number of nitrogens with one attached hydrogen (secondary N) is 1. The average Bonchev–Trinajstić information content (AvgIpc) is 3.24. The van der Waals surface area contributed by atoms with Gasteiger partial charge >= 0.3 is 4.87 Å². The van der Waals surface area contributed by atoms with Gasteiger partial charge in [-0.05, 0) is 30.3 Å². The molecule has 3 heterocycles. The van der Waals surface area contributed by atoms with E-state index in [-0.39, 0.29) is 16.7 Å². The van der Waals surface area contributed by atoms with Gasteiger partial charge in [-0.2, -0.15) is 0 Å². The number of carbonyl (C=O) groups excluding carboxylic acids is 2. The summed E-state index contributed by atoms with van der Waals surface area (Å²) in [5.41, 5.74) is 1.07. The zero-order valence-corrected chi connectivity index (χ0v) is 17.3. The summed E-state index contributed by atoms with van der Waals surface area (Å²) in [6.07, 6.45) is 0. The molecule has 0 saturated carbocycles. The van der Waals surface area contributed by atoms with Crippen molar-refractivity contribution in [2.24, 2.45) is 5.92 Å². The fraction of sp³-hybridized carbons (Fsp3) is 0.190. The number of ether oxygens (including phenoxy) is 1. The summed E-state index contributed by atoms with van der Waals surface area (Å²) < 4.78 is 18.9. The molecule has 0 spiro atoms. The van der Waals surface area contributed by atoms with Crippen molar-refractivity contribution in [2.45, 2.75) is 16.2 Å². The summed E-state index contributed by atoms with van der Waals surface area (Å²) >= 11 is 2.25. The number of hydrogen-bond acceptors (Lipinski definition) is 6. The van der Waals surface area contributed by atoms with Crippen LogP contribution in [0.3, 0.4) is 0 Å². The lowest BCUT2D eigenvalue weighted by atomic mass is 9.82. The lowest BCUT2D eigenvalue weighted by molar-refractivity contribution is -0.122. The van der Waals surface area contributed by atoms with Gasteiger partial charge in [0.25, 0.3) is 0 Å². The molecule has 5 rings (SSSR count). The number of rotatable bonds is 3. The molecule has 1 N–H and O–H groups in total. The summed E-state index contributed by atoms with van der Waals surface area (Å²) in [5.74, 6) is -1.82. The number of aromatic nitrogens is 1. The first-order valence-corrected chi connectivity index (χ1v) is 10.8. The van der Waals surface area contributed by atoms with E-state index < -0.39 is 22.9 Å². The number of amides is 2. The summed E-state index contributed by atoms with van der Waals surface area (Å²) in [7, 11) is 1.54. The molecule has 30 heavy (non-hydrogen) atoms. The standard InChI is InChI=1S/C21H15FN2O4S2/c1-28-13-5-3-2-4-12(13)14-15-17(29-18-16(14)30-21(27)23-18)20(26)24(19(15)25)11-8-6-10(22)7-9-11/h2-9,14-15,17H,1H3,(H,23,27). The van der Waals surface area contributed by atoms with Gasteiger partial charge in [0, 0.05) is 16.4 Å². The number of H-pyrrole nitrogens is 1. The largest absolute Gasteiger partial charge is 0.496 e. The van der Waals surface area contributed by atoms with E-state index >= 15 is 0 Å². The smallest absolute Gasteiger partial charge is 0.305 e. The Morgan fingerprint density at radius 1 is 1.03 bits per heavy atom. The number of halogens is 1. The first-order valence-electron chi connectivity index (χ1n) is 9.15. The van der Waals surface area contributed by atoms with Crippen molar-refractivity contribution in [2.75, 3.05) is 12.0 Å². The second-order valence-electron chi connectivity index (χ2n) is 6.98. The maximum Gasteiger partial charge on any atom is 0.305 e. The Bertz CT molecular complexity index is 1220. The van der Waals surface area contributed by atoms with Crippen LogP contribution in [-0.4, -0.2) is 29.2 Å². The monoisotopic (exact) mass is 442 g/mol. The van der Waals surface area contributed by atoms with Crippen LogP contribution in [0.2, 0.25) is 0 Å². The molecular formula is C21H15FN2O4S2. The Labute approximate surface area is 178 Å². The molecule has 9 heteroatoms. The second-order valence-corrected chi connectivity index (χ2v) is 9.15. The molecule has 2 aliphatic rings. The van der Waals surface area contributed by atoms with Gasteiger partial charge in [-0.15, -0.1) is 0 Å². The summed E-state index contributed by atoms with van der Waals surface area (Å²) in [6.45, 7) is 0. The molecule has 1 fully saturated rings. The maximum atomic E-state index is 13.5. The lowest BCUT2D eigenvalue weighted by Gasteiger charge is -2.30. The zero-order chi connectivity index (χ0) is 21.0. The number of carbonyl (C=O) groups is 2. The van der Waals surface area contributed by atoms with Gasteiger partial charge in [-0.3, -0.25) is 14.4 Å². The van der Waals surface area contributed by atoms with E-state index in [1.165, 1.54) is 36.0 Å². The Hall–Kier alpha value is -2.91. The van der Waals surface area contributed by atoms with Gasteiger partial charge < -0.3 is 9.72 Å². The highest BCUT2D eigenvalue weighted by Gasteiger charge is 2.56. The van der Waals surface area contributed by atoms with E-state index in [1.54, 1.807) is 13.2 Å². The van der Waals surface area contributed by atoms with Gasteiger partial charge in [0.2, 0.25) is 11.8 Å². The van der Waals surface area contributed by atoms with Crippen molar-refractivity contribution in [1.82, 2.24) is 4.98 Å². The molecule has 0 bridgehead atoms. The number of hydrogen-bond donors (Lipinski definition) is 1. The summed E-state index contributed by atoms with van der Waals surface area (Å²) in [4.78, 5) is 43.3. The van der Waals surface area contributed by atoms with Crippen LogP contribution in [-0.2, 0) is 9.59 Å². The SMILES string of the molecule is COc1ccccc1C1c2sc(=O)[nH]c2SC2C(=O)N(c3ccc(F)cc3)C(=O)C21. The quantitative estimate of drug-likeness (QED) is 0.629. The normalized spacial score (nSPS) is 22.7. The van der Waals surface area contributed by atoms with Crippen molar-refractivity contribution < 1.29 is 18.7 Å². The van der Waals surface area contributed by atoms with Crippen LogP contribution in [0.15, 0.2) is 58.4 Å². The topological polar surface area (TPSA) is 79.5 Å². The van der Waals surface area contributed by atoms with E-state index in [9.17, 15) is 18.8 Å². The lowest BCUT2D eigenvalue weighted by Crippen LogP contribution is -2.32. The van der Waals surface area contributed by atoms with Crippen molar-refractivity contribution in [1.29, 1.82) is 0 Å². The van der Waals surface area contributed by atoms with Crippen LogP contribution >= 0.6 is 23.1 Å². The second kappa shape index (κ2) is 7.10. The maximum absolute atomic E-state index is 13.5. The third-order valence-corrected chi connectivity index (χ3v) is 7.78. The first kappa shape index (κ1) is 19.1. The molecular weight excluding hydrogens is 427 g/mol. The molecule has 0 radical (unpaired) electrons. The van der Waals surface area contributed by atoms with Crippen LogP contribution in [0.25, 0.3) is 0 Å². The van der Waals surface area contributed by atoms with Gasteiger partial charge in [0.05, 0.1) is 23.7 Å². The van der Waals surface area contributed by atoms with Gasteiger partial charge in [0.1, 0.15) is 16.8 Å². The molecule has 1 aromatic heterocycles. The van der Waals surface area contributed by atoms with E-state index in [0.29, 0.717) is 16.5 Å². The van der Waals surface area contributed by atoms with E-state index in [0.717, 1.165) is 26.7 Å². The molecule has 2 amide bonds. The molecule has 6 nitrogen and oxygen atoms in total. The highest BCUT2D eigenvalue weighted by atomic mass is 32.2. The van der Waals surface area contributed by atoms with Crippen molar-refractivity contribution >= 4 is 40.6 Å². The van der Waals surface area contributed by atoms with Crippen LogP contribution in [0.1, 0.15) is 16.4 Å². The van der Waals surface area contributed by atoms with Crippen LogP contribution in [0.5, 0.6) is 5.75 Å². The predicted molar refractivity (Wildman–Crippen MR) is 112 cm³/mol.